The molecule has 1 heterocycles. The molecule has 5 nitrogen and oxygen atoms in total. The second-order valence-electron chi connectivity index (χ2n) is 5.71. The van der Waals surface area contributed by atoms with Gasteiger partial charge in [0.2, 0.25) is 5.91 Å². The summed E-state index contributed by atoms with van der Waals surface area (Å²) in [7, 11) is -1.44. The highest BCUT2D eigenvalue weighted by Crippen LogP contribution is 2.44. The van der Waals surface area contributed by atoms with Gasteiger partial charge in [-0.1, -0.05) is 12.2 Å². The van der Waals surface area contributed by atoms with Crippen molar-refractivity contribution in [2.24, 2.45) is 23.5 Å². The van der Waals surface area contributed by atoms with Crippen molar-refractivity contribution in [1.82, 2.24) is 4.90 Å². The van der Waals surface area contributed by atoms with Gasteiger partial charge in [-0.05, 0) is 31.1 Å². The van der Waals surface area contributed by atoms with Gasteiger partial charge in [0.1, 0.15) is 0 Å². The van der Waals surface area contributed by atoms with Crippen molar-refractivity contribution in [3.8, 4) is 0 Å². The van der Waals surface area contributed by atoms with Crippen molar-refractivity contribution < 1.29 is 14.8 Å². The van der Waals surface area contributed by atoms with Crippen molar-refractivity contribution in [3.63, 3.8) is 0 Å². The van der Waals surface area contributed by atoms with Gasteiger partial charge < -0.3 is 20.7 Å². The van der Waals surface area contributed by atoms with Crippen molar-refractivity contribution in [2.45, 2.75) is 31.2 Å². The number of carbonyl (C=O) groups excluding carboxylic acids is 1. The number of nitrogens with two attached hydrogens (primary N) is 1. The number of carbonyl (C=O) groups is 1. The van der Waals surface area contributed by atoms with Crippen LogP contribution < -0.4 is 5.73 Å². The molecule has 0 aromatic carbocycles. The molecule has 3 aliphatic rings. The molecule has 6 heteroatoms. The second kappa shape index (κ2) is 4.37. The van der Waals surface area contributed by atoms with Crippen LogP contribution in [0.3, 0.4) is 0 Å². The third kappa shape index (κ3) is 1.71. The molecule has 4 N–H and O–H groups in total. The smallest absolute Gasteiger partial charge is 0.426 e. The standard InChI is InChI=1S/C12H19BN2O3/c14-11-8-4-3-7(6-8)10(11)12(16)15-5-1-2-9(15)13(17)18/h3-4,7-11,17-18H,1-2,5-6,14H2/t7-,8-,9-,10-,11+/m0/s1. The van der Waals surface area contributed by atoms with Gasteiger partial charge in [-0.2, -0.15) is 0 Å². The third-order valence-corrected chi connectivity index (χ3v) is 4.73. The predicted molar refractivity (Wildman–Crippen MR) is 67.1 cm³/mol. The van der Waals surface area contributed by atoms with Crippen LogP contribution >= 0.6 is 0 Å². The van der Waals surface area contributed by atoms with Crippen molar-refractivity contribution in [2.75, 3.05) is 6.54 Å². The molecule has 1 amide bonds. The number of likely N-dealkylation sites (tertiary alicyclic amines) is 1. The van der Waals surface area contributed by atoms with E-state index in [0.29, 0.717) is 18.9 Å². The SMILES string of the molecule is N[C@H]1[C@@H](C(=O)N2CCC[C@H]2B(O)O)[C@H]2C=C[C@H]1C2. The van der Waals surface area contributed by atoms with Crippen molar-refractivity contribution in [1.29, 1.82) is 0 Å². The summed E-state index contributed by atoms with van der Waals surface area (Å²) in [5, 5.41) is 18.7. The number of hydrogen-bond donors (Lipinski definition) is 3. The first-order valence-corrected chi connectivity index (χ1v) is 6.70. The average Bonchev–Trinajstić information content (AvgIpc) is 3.03. The maximum Gasteiger partial charge on any atom is 0.475 e. The summed E-state index contributed by atoms with van der Waals surface area (Å²) >= 11 is 0. The van der Waals surface area contributed by atoms with Crippen LogP contribution in [0.2, 0.25) is 0 Å². The molecule has 2 aliphatic carbocycles. The van der Waals surface area contributed by atoms with Crippen LogP contribution in [-0.4, -0.2) is 46.5 Å². The van der Waals surface area contributed by atoms with Crippen LogP contribution in [0.15, 0.2) is 12.2 Å². The monoisotopic (exact) mass is 250 g/mol. The van der Waals surface area contributed by atoms with E-state index in [0.717, 1.165) is 12.8 Å². The minimum absolute atomic E-state index is 0.00921. The van der Waals surface area contributed by atoms with E-state index >= 15 is 0 Å². The van der Waals surface area contributed by atoms with E-state index in [-0.39, 0.29) is 23.8 Å². The van der Waals surface area contributed by atoms with Crippen LogP contribution in [0.1, 0.15) is 19.3 Å². The lowest BCUT2D eigenvalue weighted by molar-refractivity contribution is -0.136. The van der Waals surface area contributed by atoms with Gasteiger partial charge in [0.15, 0.2) is 0 Å². The van der Waals surface area contributed by atoms with E-state index in [1.807, 2.05) is 0 Å². The molecule has 1 saturated heterocycles. The van der Waals surface area contributed by atoms with Gasteiger partial charge >= 0.3 is 7.12 Å². The van der Waals surface area contributed by atoms with Gasteiger partial charge in [0.25, 0.3) is 0 Å². The van der Waals surface area contributed by atoms with E-state index in [1.54, 1.807) is 4.90 Å². The highest BCUT2D eigenvalue weighted by Gasteiger charge is 2.49. The quantitative estimate of drug-likeness (QED) is 0.439. The fourth-order valence-electron chi connectivity index (χ4n) is 3.78. The molecule has 98 valence electrons. The molecule has 3 rings (SSSR count). The zero-order chi connectivity index (χ0) is 12.9. The van der Waals surface area contributed by atoms with E-state index in [2.05, 4.69) is 12.2 Å². The molecule has 0 radical (unpaired) electrons. The van der Waals surface area contributed by atoms with Crippen LogP contribution in [0, 0.1) is 17.8 Å². The fraction of sp³-hybridized carbons (Fsp3) is 0.750. The van der Waals surface area contributed by atoms with E-state index < -0.39 is 13.1 Å². The lowest BCUT2D eigenvalue weighted by Crippen LogP contribution is -2.51. The molecule has 0 unspecified atom stereocenters. The summed E-state index contributed by atoms with van der Waals surface area (Å²) in [6.45, 7) is 0.617. The molecule has 1 saturated carbocycles. The third-order valence-electron chi connectivity index (χ3n) is 4.73. The minimum atomic E-state index is -1.44. The summed E-state index contributed by atoms with van der Waals surface area (Å²) in [6.07, 6.45) is 6.67. The maximum absolute atomic E-state index is 12.6. The zero-order valence-electron chi connectivity index (χ0n) is 10.3. The molecule has 0 spiro atoms. The van der Waals surface area contributed by atoms with E-state index in [9.17, 15) is 14.8 Å². The Kier molecular flexibility index (Phi) is 2.96. The largest absolute Gasteiger partial charge is 0.475 e. The zero-order valence-corrected chi connectivity index (χ0v) is 10.3. The van der Waals surface area contributed by atoms with Gasteiger partial charge in [0, 0.05) is 12.6 Å². The molecule has 5 atom stereocenters. The normalized spacial score (nSPS) is 41.7. The van der Waals surface area contributed by atoms with Crippen LogP contribution in [0.4, 0.5) is 0 Å². The number of amides is 1. The first-order chi connectivity index (χ1) is 8.59. The lowest BCUT2D eigenvalue weighted by Gasteiger charge is -2.31. The van der Waals surface area contributed by atoms with Crippen LogP contribution in [-0.2, 0) is 4.79 Å². The van der Waals surface area contributed by atoms with Gasteiger partial charge in [-0.3, -0.25) is 4.79 Å². The maximum atomic E-state index is 12.6. The van der Waals surface area contributed by atoms with Crippen LogP contribution in [0.25, 0.3) is 0 Å². The Bertz CT molecular complexity index is 388. The summed E-state index contributed by atoms with van der Waals surface area (Å²) in [5.74, 6) is -0.0410. The van der Waals surface area contributed by atoms with Gasteiger partial charge in [0.05, 0.1) is 11.9 Å². The molecule has 2 bridgehead atoms. The first-order valence-electron chi connectivity index (χ1n) is 6.70. The summed E-state index contributed by atoms with van der Waals surface area (Å²) < 4.78 is 0. The highest BCUT2D eigenvalue weighted by atomic mass is 16.4. The van der Waals surface area contributed by atoms with E-state index in [4.69, 9.17) is 5.73 Å². The summed E-state index contributed by atoms with van der Waals surface area (Å²) in [5.41, 5.74) is 6.13. The Hall–Kier alpha value is -0.845. The Morgan fingerprint density at radius 3 is 2.67 bits per heavy atom. The molecule has 0 aromatic rings. The van der Waals surface area contributed by atoms with Gasteiger partial charge in [-0.25, -0.2) is 0 Å². The first kappa shape index (κ1) is 12.2. The summed E-state index contributed by atoms with van der Waals surface area (Å²) in [4.78, 5) is 14.2. The molecule has 1 aliphatic heterocycles. The van der Waals surface area contributed by atoms with Crippen molar-refractivity contribution in [3.05, 3.63) is 12.2 Å². The Balaban J connectivity index is 1.77. The molecule has 0 aromatic heterocycles. The number of rotatable bonds is 2. The Morgan fingerprint density at radius 1 is 1.33 bits per heavy atom. The molecule has 2 fully saturated rings. The van der Waals surface area contributed by atoms with E-state index in [1.165, 1.54) is 0 Å². The number of allylic oxidation sites excluding steroid dienone is 1. The summed E-state index contributed by atoms with van der Waals surface area (Å²) in [6, 6.07) is -0.107. The number of nitrogens with zero attached hydrogens (tertiary/aromatic N) is 1. The molecular formula is C12H19BN2O3. The topological polar surface area (TPSA) is 86.8 Å². The molecule has 18 heavy (non-hydrogen) atoms. The molecular weight excluding hydrogens is 231 g/mol. The fourth-order valence-corrected chi connectivity index (χ4v) is 3.78. The average molecular weight is 250 g/mol. The predicted octanol–water partition coefficient (Wildman–Crippen LogP) is -0.861. The number of fused-ring (bicyclic) bond motifs is 2. The minimum Gasteiger partial charge on any atom is -0.426 e. The van der Waals surface area contributed by atoms with Crippen LogP contribution in [0.5, 0.6) is 0 Å². The lowest BCUT2D eigenvalue weighted by atomic mass is 9.77. The number of hydrogen-bond acceptors (Lipinski definition) is 4. The Labute approximate surface area is 107 Å². The van der Waals surface area contributed by atoms with Gasteiger partial charge in [-0.15, -0.1) is 0 Å². The van der Waals surface area contributed by atoms with Crippen molar-refractivity contribution >= 4 is 13.0 Å². The Morgan fingerprint density at radius 2 is 2.06 bits per heavy atom. The highest BCUT2D eigenvalue weighted by molar-refractivity contribution is 6.43. The second-order valence-corrected chi connectivity index (χ2v) is 5.71.